The lowest BCUT2D eigenvalue weighted by molar-refractivity contribution is -0.131. The first-order valence-electron chi connectivity index (χ1n) is 16.4. The number of hydrogen-bond donors (Lipinski definition) is 6. The number of hydrogen-bond acceptors (Lipinski definition) is 8. The molecule has 0 saturated carbocycles. The maximum absolute atomic E-state index is 12.7. The molecule has 13 heteroatoms. The third-order valence-corrected chi connectivity index (χ3v) is 7.30. The van der Waals surface area contributed by atoms with Crippen LogP contribution in [0.2, 0.25) is 0 Å². The number of carbonyl (C=O) groups is 7. The molecule has 2 aromatic carbocycles. The van der Waals surface area contributed by atoms with Crippen molar-refractivity contribution in [1.29, 1.82) is 0 Å². The largest absolute Gasteiger partial charge is 0.398 e. The molecular formula is C36H54N6O7. The Labute approximate surface area is 289 Å². The highest BCUT2D eigenvalue weighted by molar-refractivity contribution is 6.02. The maximum atomic E-state index is 12.7. The first-order valence-corrected chi connectivity index (χ1v) is 16.4. The van der Waals surface area contributed by atoms with Crippen molar-refractivity contribution in [2.24, 2.45) is 17.4 Å². The van der Waals surface area contributed by atoms with Gasteiger partial charge in [-0.2, -0.15) is 0 Å². The van der Waals surface area contributed by atoms with Crippen molar-refractivity contribution < 1.29 is 33.6 Å². The molecule has 0 aromatic heterocycles. The van der Waals surface area contributed by atoms with Gasteiger partial charge in [0.25, 0.3) is 5.91 Å². The van der Waals surface area contributed by atoms with E-state index in [0.29, 0.717) is 5.78 Å². The van der Waals surface area contributed by atoms with Crippen LogP contribution in [-0.4, -0.2) is 59.7 Å². The lowest BCUT2D eigenvalue weighted by atomic mass is 9.90. The van der Waals surface area contributed by atoms with E-state index in [1.54, 1.807) is 32.0 Å². The van der Waals surface area contributed by atoms with Gasteiger partial charge >= 0.3 is 0 Å². The van der Waals surface area contributed by atoms with E-state index in [-0.39, 0.29) is 61.1 Å². The van der Waals surface area contributed by atoms with Gasteiger partial charge in [0.2, 0.25) is 23.6 Å². The number of ketones is 2. The molecule has 0 aliphatic carbocycles. The second-order valence-corrected chi connectivity index (χ2v) is 11.6. The zero-order valence-corrected chi connectivity index (χ0v) is 29.8. The third-order valence-electron chi connectivity index (χ3n) is 7.30. The van der Waals surface area contributed by atoms with Gasteiger partial charge in [0.15, 0.2) is 11.6 Å². The molecule has 9 N–H and O–H groups in total. The van der Waals surface area contributed by atoms with Gasteiger partial charge < -0.3 is 33.2 Å². The van der Waals surface area contributed by atoms with Gasteiger partial charge in [0, 0.05) is 36.9 Å². The van der Waals surface area contributed by atoms with Crippen molar-refractivity contribution in [3.05, 3.63) is 64.7 Å². The van der Waals surface area contributed by atoms with Crippen molar-refractivity contribution in [1.82, 2.24) is 16.0 Å². The van der Waals surface area contributed by atoms with Crippen LogP contribution in [-0.2, 0) is 24.0 Å². The van der Waals surface area contributed by atoms with E-state index in [0.717, 1.165) is 29.5 Å². The van der Waals surface area contributed by atoms with E-state index >= 15 is 0 Å². The van der Waals surface area contributed by atoms with Crippen molar-refractivity contribution >= 4 is 46.8 Å². The molecule has 0 radical (unpaired) electrons. The monoisotopic (exact) mass is 682 g/mol. The summed E-state index contributed by atoms with van der Waals surface area (Å²) in [5, 5.41) is 7.55. The van der Waals surface area contributed by atoms with Gasteiger partial charge in [-0.05, 0) is 56.4 Å². The molecule has 0 heterocycles. The molecule has 2 aromatic rings. The number of benzene rings is 2. The number of primary amides is 2. The number of anilines is 1. The van der Waals surface area contributed by atoms with Crippen molar-refractivity contribution in [2.45, 2.75) is 99.1 Å². The first-order chi connectivity index (χ1) is 23.0. The molecule has 0 fully saturated rings. The van der Waals surface area contributed by atoms with E-state index in [1.807, 2.05) is 39.0 Å². The number of para-hydroxylation sites is 1. The summed E-state index contributed by atoms with van der Waals surface area (Å²) in [5.74, 6) is -2.42. The topological polar surface area (TPSA) is 234 Å². The van der Waals surface area contributed by atoms with Crippen LogP contribution in [0.4, 0.5) is 5.69 Å². The normalized spacial score (nSPS) is 11.9. The van der Waals surface area contributed by atoms with Gasteiger partial charge in [-0.1, -0.05) is 64.4 Å². The molecule has 5 amide bonds. The van der Waals surface area contributed by atoms with Gasteiger partial charge in [-0.3, -0.25) is 33.6 Å². The second-order valence-electron chi connectivity index (χ2n) is 11.6. The second kappa shape index (κ2) is 23.3. The van der Waals surface area contributed by atoms with Crippen LogP contribution in [0.15, 0.2) is 42.5 Å². The predicted octanol–water partition coefficient (Wildman–Crippen LogP) is 3.04. The number of amides is 5. The minimum atomic E-state index is -1.11. The molecule has 3 unspecified atom stereocenters. The highest BCUT2D eigenvalue weighted by Crippen LogP contribution is 2.20. The van der Waals surface area contributed by atoms with E-state index in [4.69, 9.17) is 11.5 Å². The Balaban J connectivity index is 0.00000100. The maximum Gasteiger partial charge on any atom is 0.254 e. The molecule has 270 valence electrons. The highest BCUT2D eigenvalue weighted by atomic mass is 16.2. The Morgan fingerprint density at radius 2 is 1.35 bits per heavy atom. The fraction of sp³-hybridized carbons (Fsp3) is 0.472. The predicted molar refractivity (Wildman–Crippen MR) is 190 cm³/mol. The average molecular weight is 683 g/mol. The Hall–Kier alpha value is -5.07. The number of aryl methyl sites for hydroxylation is 2. The number of nitrogens with one attached hydrogen (secondary N) is 3. The molecule has 0 aliphatic heterocycles. The molecule has 3 atom stereocenters. The first kappa shape index (κ1) is 43.9. The van der Waals surface area contributed by atoms with Crippen LogP contribution in [0.3, 0.4) is 0 Å². The summed E-state index contributed by atoms with van der Waals surface area (Å²) in [6.45, 7) is 12.7. The number of carbonyl (C=O) groups excluding carboxylic acids is 7. The van der Waals surface area contributed by atoms with Gasteiger partial charge in [-0.15, -0.1) is 0 Å². The van der Waals surface area contributed by atoms with Crippen LogP contribution >= 0.6 is 0 Å². The van der Waals surface area contributed by atoms with Crippen LogP contribution in [0.5, 0.6) is 0 Å². The summed E-state index contributed by atoms with van der Waals surface area (Å²) in [6.07, 6.45) is 2.40. The molecule has 49 heavy (non-hydrogen) atoms. The number of rotatable bonds is 16. The Morgan fingerprint density at radius 3 is 1.84 bits per heavy atom. The summed E-state index contributed by atoms with van der Waals surface area (Å²) in [6, 6.07) is 10.4. The van der Waals surface area contributed by atoms with Crippen LogP contribution in [0.25, 0.3) is 0 Å². The van der Waals surface area contributed by atoms with Gasteiger partial charge in [0.1, 0.15) is 12.1 Å². The molecular weight excluding hydrogens is 628 g/mol. The van der Waals surface area contributed by atoms with Gasteiger partial charge in [0.05, 0.1) is 12.1 Å². The SMILES string of the molecule is CC(N)=O.CCC(=O)CNC(=O)C(CC)NC(=O)C(CCC(N)=O)NC(=O)c1ccccc1N.CCCC(C)C(=O)c1c(C)cccc1C. The van der Waals surface area contributed by atoms with Crippen LogP contribution < -0.4 is 33.2 Å². The minimum absolute atomic E-state index is 0.0496. The summed E-state index contributed by atoms with van der Waals surface area (Å²) >= 11 is 0. The van der Waals surface area contributed by atoms with Crippen LogP contribution in [0.1, 0.15) is 105 Å². The average Bonchev–Trinajstić information content (AvgIpc) is 3.04. The Kier molecular flexibility index (Phi) is 20.9. The molecule has 0 aliphatic rings. The third kappa shape index (κ3) is 17.1. The zero-order valence-electron chi connectivity index (χ0n) is 29.8. The van der Waals surface area contributed by atoms with Crippen molar-refractivity contribution in [2.75, 3.05) is 12.3 Å². The van der Waals surface area contributed by atoms with E-state index < -0.39 is 35.7 Å². The smallest absolute Gasteiger partial charge is 0.254 e. The van der Waals surface area contributed by atoms with Gasteiger partial charge in [-0.25, -0.2) is 0 Å². The molecule has 2 rings (SSSR count). The number of Topliss-reactive ketones (excluding diaryl/α,β-unsaturated/α-hetero) is 2. The summed E-state index contributed by atoms with van der Waals surface area (Å²) in [7, 11) is 0. The zero-order chi connectivity index (χ0) is 37.7. The quantitative estimate of drug-likeness (QED) is 0.113. The van der Waals surface area contributed by atoms with Crippen molar-refractivity contribution in [3.63, 3.8) is 0 Å². The summed E-state index contributed by atoms with van der Waals surface area (Å²) in [5.41, 5.74) is 19.0. The fourth-order valence-electron chi connectivity index (χ4n) is 4.57. The van der Waals surface area contributed by atoms with E-state index in [9.17, 15) is 33.6 Å². The molecule has 0 bridgehead atoms. The highest BCUT2D eigenvalue weighted by Gasteiger charge is 2.27. The standard InChI is InChI=1S/C20H29N5O5.C14H20O.C2H5NO/c1-3-12(26)11-23-19(29)15(4-2)24-20(30)16(9-10-17(22)27)25-18(28)13-7-5-6-8-14(13)21;1-5-7-12(4)14(15)13-10(2)8-6-9-11(13)3;1-2(3)4/h5-8,15-16H,3-4,9-11,21H2,1-2H3,(H2,22,27)(H,23,29)(H,24,30)(H,25,28);6,8-9,12H,5,7H2,1-4H3;1H3,(H2,3,4). The van der Waals surface area contributed by atoms with Crippen LogP contribution in [0, 0.1) is 19.8 Å². The van der Waals surface area contributed by atoms with Crippen molar-refractivity contribution in [3.8, 4) is 0 Å². The Bertz CT molecular complexity index is 1420. The fourth-order valence-corrected chi connectivity index (χ4v) is 4.57. The Morgan fingerprint density at radius 1 is 0.776 bits per heavy atom. The number of nitrogens with two attached hydrogens (primary N) is 3. The summed E-state index contributed by atoms with van der Waals surface area (Å²) in [4.78, 5) is 81.4. The molecule has 0 spiro atoms. The molecule has 0 saturated heterocycles. The lowest BCUT2D eigenvalue weighted by Gasteiger charge is -2.22. The van der Waals surface area contributed by atoms with E-state index in [1.165, 1.54) is 13.0 Å². The molecule has 13 nitrogen and oxygen atoms in total. The number of nitrogen functional groups attached to an aromatic ring is 1. The van der Waals surface area contributed by atoms with E-state index in [2.05, 4.69) is 28.6 Å². The summed E-state index contributed by atoms with van der Waals surface area (Å²) < 4.78 is 0. The minimum Gasteiger partial charge on any atom is -0.398 e. The lowest BCUT2D eigenvalue weighted by Crippen LogP contribution is -2.54.